The lowest BCUT2D eigenvalue weighted by Crippen LogP contribution is -2.28. The molecule has 2 aromatic rings. The lowest BCUT2D eigenvalue weighted by molar-refractivity contribution is -0.117. The van der Waals surface area contributed by atoms with Crippen LogP contribution in [-0.4, -0.2) is 22.2 Å². The molecule has 1 fully saturated rings. The smallest absolute Gasteiger partial charge is 0.268 e. The number of benzene rings is 1. The van der Waals surface area contributed by atoms with E-state index in [-0.39, 0.29) is 29.6 Å². The second kappa shape index (κ2) is 7.15. The topological polar surface area (TPSA) is 80.2 Å². The summed E-state index contributed by atoms with van der Waals surface area (Å²) in [4.78, 5) is 35.7. The average Bonchev–Trinajstić information content (AvgIpc) is 3.37. The van der Waals surface area contributed by atoms with Crippen LogP contribution in [0.4, 0.5) is 5.69 Å². The van der Waals surface area contributed by atoms with Crippen molar-refractivity contribution in [2.45, 2.75) is 32.7 Å². The highest BCUT2D eigenvalue weighted by Crippen LogP contribution is 2.30. The Kier molecular flexibility index (Phi) is 4.93. The Hall–Kier alpha value is -2.89. The van der Waals surface area contributed by atoms with Gasteiger partial charge in [-0.05, 0) is 50.5 Å². The minimum atomic E-state index is -0.237. The van der Waals surface area contributed by atoms with Gasteiger partial charge in [0.1, 0.15) is 5.69 Å². The third-order valence-electron chi connectivity index (χ3n) is 4.62. The van der Waals surface area contributed by atoms with Crippen LogP contribution < -0.4 is 10.6 Å². The standard InChI is InChI=1S/C20H23N3O3/c1-12(21-20(26)18-10-16(13(2)24)11-23(18)3)14-6-8-17(9-7-14)22-19(25)15-4-5-15/h6-12,15H,4-5H2,1-3H3,(H,21,26)(H,22,25). The first kappa shape index (κ1) is 17.9. The van der Waals surface area contributed by atoms with Crippen LogP contribution in [0.25, 0.3) is 0 Å². The van der Waals surface area contributed by atoms with Crippen molar-refractivity contribution in [2.24, 2.45) is 13.0 Å². The van der Waals surface area contributed by atoms with Gasteiger partial charge in [-0.3, -0.25) is 14.4 Å². The van der Waals surface area contributed by atoms with Gasteiger partial charge in [0.15, 0.2) is 5.78 Å². The number of Topliss-reactive ketones (excluding diaryl/α,β-unsaturated/α-hetero) is 1. The van der Waals surface area contributed by atoms with Gasteiger partial charge in [0, 0.05) is 30.4 Å². The molecule has 136 valence electrons. The summed E-state index contributed by atoms with van der Waals surface area (Å²) in [6, 6.07) is 8.86. The van der Waals surface area contributed by atoms with E-state index in [0.717, 1.165) is 24.1 Å². The molecule has 1 atom stereocenters. The van der Waals surface area contributed by atoms with Crippen LogP contribution >= 0.6 is 0 Å². The van der Waals surface area contributed by atoms with E-state index in [1.54, 1.807) is 23.9 Å². The fourth-order valence-corrected chi connectivity index (χ4v) is 2.78. The zero-order valence-corrected chi connectivity index (χ0v) is 15.2. The van der Waals surface area contributed by atoms with Gasteiger partial charge in [0.2, 0.25) is 5.91 Å². The summed E-state index contributed by atoms with van der Waals surface area (Å²) < 4.78 is 1.65. The molecule has 1 unspecified atom stereocenters. The van der Waals surface area contributed by atoms with E-state index in [4.69, 9.17) is 0 Å². The van der Waals surface area contributed by atoms with Crippen LogP contribution in [0.1, 0.15) is 59.1 Å². The van der Waals surface area contributed by atoms with Gasteiger partial charge in [-0.15, -0.1) is 0 Å². The molecule has 1 aromatic carbocycles. The number of rotatable bonds is 6. The number of aryl methyl sites for hydroxylation is 1. The molecule has 3 rings (SSSR count). The quantitative estimate of drug-likeness (QED) is 0.783. The summed E-state index contributed by atoms with van der Waals surface area (Å²) in [6.45, 7) is 3.37. The molecule has 1 aliphatic carbocycles. The molecule has 2 amide bonds. The Morgan fingerprint density at radius 1 is 1.15 bits per heavy atom. The normalized spacial score (nSPS) is 14.6. The van der Waals surface area contributed by atoms with E-state index >= 15 is 0 Å². The van der Waals surface area contributed by atoms with Crippen molar-refractivity contribution in [3.63, 3.8) is 0 Å². The van der Waals surface area contributed by atoms with Crippen molar-refractivity contribution >= 4 is 23.3 Å². The highest BCUT2D eigenvalue weighted by Gasteiger charge is 2.29. The fraction of sp³-hybridized carbons (Fsp3) is 0.350. The van der Waals surface area contributed by atoms with Gasteiger partial charge in [-0.2, -0.15) is 0 Å². The number of ketones is 1. The van der Waals surface area contributed by atoms with Crippen molar-refractivity contribution in [2.75, 3.05) is 5.32 Å². The Morgan fingerprint density at radius 3 is 2.35 bits per heavy atom. The van der Waals surface area contributed by atoms with Crippen LogP contribution in [0.5, 0.6) is 0 Å². The molecular weight excluding hydrogens is 330 g/mol. The Bertz CT molecular complexity index is 848. The first-order valence-electron chi connectivity index (χ1n) is 8.74. The van der Waals surface area contributed by atoms with Crippen molar-refractivity contribution in [3.8, 4) is 0 Å². The molecular formula is C20H23N3O3. The molecule has 6 heteroatoms. The zero-order chi connectivity index (χ0) is 18.8. The number of anilines is 1. The van der Waals surface area contributed by atoms with Crippen LogP contribution in [0.3, 0.4) is 0 Å². The fourth-order valence-electron chi connectivity index (χ4n) is 2.78. The molecule has 1 saturated carbocycles. The molecule has 0 bridgehead atoms. The Balaban J connectivity index is 1.63. The molecule has 0 saturated heterocycles. The van der Waals surface area contributed by atoms with Gasteiger partial charge < -0.3 is 15.2 Å². The Labute approximate surface area is 152 Å². The summed E-state index contributed by atoms with van der Waals surface area (Å²) in [7, 11) is 1.74. The van der Waals surface area contributed by atoms with Gasteiger partial charge in [0.25, 0.3) is 5.91 Å². The van der Waals surface area contributed by atoms with Crippen molar-refractivity contribution < 1.29 is 14.4 Å². The summed E-state index contributed by atoms with van der Waals surface area (Å²) in [5.74, 6) is -0.0719. The van der Waals surface area contributed by atoms with E-state index in [2.05, 4.69) is 10.6 Å². The summed E-state index contributed by atoms with van der Waals surface area (Å²) >= 11 is 0. The molecule has 1 aliphatic rings. The number of hydrogen-bond acceptors (Lipinski definition) is 3. The van der Waals surface area contributed by atoms with Gasteiger partial charge >= 0.3 is 0 Å². The van der Waals surface area contributed by atoms with Gasteiger partial charge in [0.05, 0.1) is 6.04 Å². The van der Waals surface area contributed by atoms with Crippen LogP contribution in [0, 0.1) is 5.92 Å². The lowest BCUT2D eigenvalue weighted by Gasteiger charge is -2.15. The minimum absolute atomic E-state index is 0.0727. The first-order chi connectivity index (χ1) is 12.3. The second-order valence-corrected chi connectivity index (χ2v) is 6.86. The maximum atomic E-state index is 12.5. The van der Waals surface area contributed by atoms with E-state index in [0.29, 0.717) is 11.3 Å². The molecule has 0 radical (unpaired) electrons. The third kappa shape index (κ3) is 4.02. The molecule has 2 N–H and O–H groups in total. The number of hydrogen-bond donors (Lipinski definition) is 2. The average molecular weight is 353 g/mol. The van der Waals surface area contributed by atoms with E-state index < -0.39 is 0 Å². The Morgan fingerprint density at radius 2 is 1.81 bits per heavy atom. The molecule has 1 aromatic heterocycles. The van der Waals surface area contributed by atoms with Crippen molar-refractivity contribution in [1.29, 1.82) is 0 Å². The predicted molar refractivity (Wildman–Crippen MR) is 99.1 cm³/mol. The monoisotopic (exact) mass is 353 g/mol. The van der Waals surface area contributed by atoms with Gasteiger partial charge in [-0.1, -0.05) is 12.1 Å². The summed E-state index contributed by atoms with van der Waals surface area (Å²) in [6.07, 6.45) is 3.59. The molecule has 1 heterocycles. The number of amides is 2. The number of aromatic nitrogens is 1. The predicted octanol–water partition coefficient (Wildman–Crippen LogP) is 3.07. The molecule has 0 aliphatic heterocycles. The van der Waals surface area contributed by atoms with Gasteiger partial charge in [-0.25, -0.2) is 0 Å². The highest BCUT2D eigenvalue weighted by molar-refractivity contribution is 5.99. The van der Waals surface area contributed by atoms with Crippen molar-refractivity contribution in [1.82, 2.24) is 9.88 Å². The van der Waals surface area contributed by atoms with Crippen molar-refractivity contribution in [3.05, 3.63) is 53.3 Å². The summed E-state index contributed by atoms with van der Waals surface area (Å²) in [5, 5.41) is 5.83. The number of nitrogens with zero attached hydrogens (tertiary/aromatic N) is 1. The maximum Gasteiger partial charge on any atom is 0.268 e. The zero-order valence-electron chi connectivity index (χ0n) is 15.2. The van der Waals surface area contributed by atoms with Crippen LogP contribution in [0.15, 0.2) is 36.5 Å². The molecule has 6 nitrogen and oxygen atoms in total. The number of carbonyl (C=O) groups is 3. The lowest BCUT2D eigenvalue weighted by atomic mass is 10.1. The van der Waals surface area contributed by atoms with Crippen LogP contribution in [0.2, 0.25) is 0 Å². The maximum absolute atomic E-state index is 12.5. The highest BCUT2D eigenvalue weighted by atomic mass is 16.2. The van der Waals surface area contributed by atoms with E-state index in [9.17, 15) is 14.4 Å². The molecule has 26 heavy (non-hydrogen) atoms. The SMILES string of the molecule is CC(=O)c1cc(C(=O)NC(C)c2ccc(NC(=O)C3CC3)cc2)n(C)c1. The number of carbonyl (C=O) groups excluding carboxylic acids is 3. The second-order valence-electron chi connectivity index (χ2n) is 6.86. The van der Waals surface area contributed by atoms with Crippen LogP contribution in [-0.2, 0) is 11.8 Å². The largest absolute Gasteiger partial charge is 0.346 e. The minimum Gasteiger partial charge on any atom is -0.346 e. The van der Waals surface area contributed by atoms with E-state index in [1.807, 2.05) is 31.2 Å². The molecule has 0 spiro atoms. The number of nitrogens with one attached hydrogen (secondary N) is 2. The third-order valence-corrected chi connectivity index (χ3v) is 4.62. The van der Waals surface area contributed by atoms with E-state index in [1.165, 1.54) is 6.92 Å². The first-order valence-corrected chi connectivity index (χ1v) is 8.74. The summed E-state index contributed by atoms with van der Waals surface area (Å²) in [5.41, 5.74) is 2.65.